The van der Waals surface area contributed by atoms with Gasteiger partial charge in [0.05, 0.1) is 6.54 Å². The summed E-state index contributed by atoms with van der Waals surface area (Å²) in [5.41, 5.74) is 2.25. The molecule has 118 valence electrons. The molecule has 2 aromatic carbocycles. The minimum absolute atomic E-state index is 0.175. The summed E-state index contributed by atoms with van der Waals surface area (Å²) in [5.74, 6) is 6.75. The van der Waals surface area contributed by atoms with Crippen molar-refractivity contribution in [2.75, 3.05) is 6.54 Å². The fourth-order valence-electron chi connectivity index (χ4n) is 2.07. The number of nitrogens with one attached hydrogen (secondary N) is 1. The molecule has 5 nitrogen and oxygen atoms in total. The van der Waals surface area contributed by atoms with E-state index in [2.05, 4.69) is 27.3 Å². The van der Waals surface area contributed by atoms with Gasteiger partial charge >= 0.3 is 0 Å². The topological polar surface area (TPSA) is 68.0 Å². The van der Waals surface area contributed by atoms with Gasteiger partial charge in [-0.15, -0.1) is 0 Å². The lowest BCUT2D eigenvalue weighted by molar-refractivity contribution is 0.0958. The molecular weight excluding hydrogens is 302 g/mol. The van der Waals surface area contributed by atoms with Crippen molar-refractivity contribution in [1.82, 2.24) is 15.5 Å². The molecule has 0 radical (unpaired) electrons. The third-order valence-electron chi connectivity index (χ3n) is 3.27. The van der Waals surface area contributed by atoms with Crippen LogP contribution >= 0.6 is 0 Å². The molecule has 1 heterocycles. The second-order valence-corrected chi connectivity index (χ2v) is 5.07. The van der Waals surface area contributed by atoms with Gasteiger partial charge in [0.1, 0.15) is 0 Å². The van der Waals surface area contributed by atoms with Crippen LogP contribution in [0, 0.1) is 18.8 Å². The van der Waals surface area contributed by atoms with E-state index in [9.17, 15) is 4.79 Å². The fourth-order valence-corrected chi connectivity index (χ4v) is 2.07. The number of amides is 1. The van der Waals surface area contributed by atoms with Crippen LogP contribution < -0.4 is 5.32 Å². The summed E-state index contributed by atoms with van der Waals surface area (Å²) in [6.45, 7) is 2.05. The summed E-state index contributed by atoms with van der Waals surface area (Å²) >= 11 is 0. The van der Waals surface area contributed by atoms with Crippen LogP contribution in [0.25, 0.3) is 11.5 Å². The van der Waals surface area contributed by atoms with E-state index in [0.717, 1.165) is 11.1 Å². The van der Waals surface area contributed by atoms with E-state index in [1.165, 1.54) is 0 Å². The number of aryl methyl sites for hydroxylation is 1. The number of carbonyl (C=O) groups excluding carboxylic acids is 1. The maximum Gasteiger partial charge on any atom is 0.257 e. The van der Waals surface area contributed by atoms with Crippen molar-refractivity contribution in [3.8, 4) is 23.3 Å². The summed E-state index contributed by atoms with van der Waals surface area (Å²) in [5, 5.41) is 6.51. The molecule has 0 bridgehead atoms. The Hall–Kier alpha value is -3.39. The van der Waals surface area contributed by atoms with E-state index in [1.54, 1.807) is 31.2 Å². The zero-order valence-electron chi connectivity index (χ0n) is 13.1. The Morgan fingerprint density at radius 3 is 2.54 bits per heavy atom. The molecule has 0 saturated carbocycles. The number of hydrogen-bond donors (Lipinski definition) is 1. The first-order chi connectivity index (χ1) is 11.7. The molecule has 0 aliphatic rings. The lowest BCUT2D eigenvalue weighted by Crippen LogP contribution is -2.23. The van der Waals surface area contributed by atoms with Crippen molar-refractivity contribution < 1.29 is 9.32 Å². The Balaban J connectivity index is 1.58. The second kappa shape index (κ2) is 7.25. The molecule has 1 N–H and O–H groups in total. The molecule has 0 saturated heterocycles. The van der Waals surface area contributed by atoms with E-state index in [0.29, 0.717) is 23.8 Å². The molecule has 0 aliphatic heterocycles. The molecule has 3 rings (SSSR count). The number of benzene rings is 2. The Kier molecular flexibility index (Phi) is 4.68. The van der Waals surface area contributed by atoms with Crippen molar-refractivity contribution in [3.05, 3.63) is 71.5 Å². The van der Waals surface area contributed by atoms with Crippen molar-refractivity contribution in [2.24, 2.45) is 0 Å². The number of aromatic nitrogens is 2. The highest BCUT2D eigenvalue weighted by molar-refractivity contribution is 5.94. The fraction of sp³-hybridized carbons (Fsp3) is 0.105. The standard InChI is InChI=1S/C19H15N3O2/c1-14-21-19(24-22-14)17-11-9-16(10-12-17)18(23)20-13-5-8-15-6-3-2-4-7-15/h2-4,6-7,9-12H,13H2,1H3,(H,20,23). The Bertz CT molecular complexity index is 888. The van der Waals surface area contributed by atoms with Gasteiger partial charge in [-0.25, -0.2) is 0 Å². The van der Waals surface area contributed by atoms with Gasteiger partial charge < -0.3 is 9.84 Å². The number of carbonyl (C=O) groups is 1. The predicted molar refractivity (Wildman–Crippen MR) is 90.1 cm³/mol. The molecule has 1 aromatic heterocycles. The van der Waals surface area contributed by atoms with Crippen molar-refractivity contribution in [2.45, 2.75) is 6.92 Å². The van der Waals surface area contributed by atoms with Crippen molar-refractivity contribution >= 4 is 5.91 Å². The van der Waals surface area contributed by atoms with Crippen LogP contribution in [0.1, 0.15) is 21.7 Å². The third-order valence-corrected chi connectivity index (χ3v) is 3.27. The molecule has 0 fully saturated rings. The first kappa shape index (κ1) is 15.5. The molecule has 0 unspecified atom stereocenters. The summed E-state index contributed by atoms with van der Waals surface area (Å²) < 4.78 is 5.09. The molecule has 3 aromatic rings. The maximum atomic E-state index is 12.1. The number of rotatable bonds is 3. The first-order valence-corrected chi connectivity index (χ1v) is 7.45. The van der Waals surface area contributed by atoms with Crippen LogP contribution in [0.15, 0.2) is 59.1 Å². The van der Waals surface area contributed by atoms with Crippen LogP contribution in [0.2, 0.25) is 0 Å². The zero-order chi connectivity index (χ0) is 16.8. The average molecular weight is 317 g/mol. The van der Waals surface area contributed by atoms with Gasteiger partial charge in [0.15, 0.2) is 5.82 Å². The molecule has 0 spiro atoms. The summed E-state index contributed by atoms with van der Waals surface area (Å²) in [6.07, 6.45) is 0. The van der Waals surface area contributed by atoms with E-state index in [1.807, 2.05) is 30.3 Å². The lowest BCUT2D eigenvalue weighted by atomic mass is 10.1. The SMILES string of the molecule is Cc1noc(-c2ccc(C(=O)NCC#Cc3ccccc3)cc2)n1. The van der Waals surface area contributed by atoms with Gasteiger partial charge in [-0.05, 0) is 43.3 Å². The van der Waals surface area contributed by atoms with E-state index in [-0.39, 0.29) is 5.91 Å². The van der Waals surface area contributed by atoms with Crippen LogP contribution in [0.5, 0.6) is 0 Å². The lowest BCUT2D eigenvalue weighted by Gasteiger charge is -2.02. The van der Waals surface area contributed by atoms with Gasteiger partial charge in [-0.1, -0.05) is 35.2 Å². The predicted octanol–water partition coefficient (Wildman–Crippen LogP) is 2.83. The van der Waals surface area contributed by atoms with E-state index < -0.39 is 0 Å². The van der Waals surface area contributed by atoms with Gasteiger partial charge in [0, 0.05) is 16.7 Å². The number of hydrogen-bond acceptors (Lipinski definition) is 4. The van der Waals surface area contributed by atoms with Gasteiger partial charge in [-0.2, -0.15) is 4.98 Å². The summed E-state index contributed by atoms with van der Waals surface area (Å²) in [6, 6.07) is 16.6. The largest absolute Gasteiger partial charge is 0.341 e. The van der Waals surface area contributed by atoms with Crippen molar-refractivity contribution in [1.29, 1.82) is 0 Å². The minimum Gasteiger partial charge on any atom is -0.341 e. The van der Waals surface area contributed by atoms with Crippen LogP contribution in [0.3, 0.4) is 0 Å². The molecule has 24 heavy (non-hydrogen) atoms. The van der Waals surface area contributed by atoms with Crippen LogP contribution in [-0.4, -0.2) is 22.6 Å². The molecule has 5 heteroatoms. The van der Waals surface area contributed by atoms with E-state index >= 15 is 0 Å². The molecule has 0 atom stereocenters. The maximum absolute atomic E-state index is 12.1. The molecular formula is C19H15N3O2. The molecule has 0 aliphatic carbocycles. The first-order valence-electron chi connectivity index (χ1n) is 7.45. The minimum atomic E-state index is -0.175. The highest BCUT2D eigenvalue weighted by Crippen LogP contribution is 2.17. The molecule has 1 amide bonds. The number of nitrogens with zero attached hydrogens (tertiary/aromatic N) is 2. The highest BCUT2D eigenvalue weighted by Gasteiger charge is 2.08. The van der Waals surface area contributed by atoms with Crippen LogP contribution in [0.4, 0.5) is 0 Å². The van der Waals surface area contributed by atoms with Gasteiger partial charge in [0.25, 0.3) is 11.8 Å². The van der Waals surface area contributed by atoms with Crippen LogP contribution in [-0.2, 0) is 0 Å². The Morgan fingerprint density at radius 2 is 1.88 bits per heavy atom. The van der Waals surface area contributed by atoms with Gasteiger partial charge in [0.2, 0.25) is 0 Å². The quantitative estimate of drug-likeness (QED) is 0.754. The van der Waals surface area contributed by atoms with Crippen molar-refractivity contribution in [3.63, 3.8) is 0 Å². The van der Waals surface area contributed by atoms with E-state index in [4.69, 9.17) is 4.52 Å². The Morgan fingerprint density at radius 1 is 1.12 bits per heavy atom. The monoisotopic (exact) mass is 317 g/mol. The summed E-state index contributed by atoms with van der Waals surface area (Å²) in [4.78, 5) is 16.2. The Labute approximate surface area is 139 Å². The highest BCUT2D eigenvalue weighted by atomic mass is 16.5. The second-order valence-electron chi connectivity index (χ2n) is 5.07. The normalized spacial score (nSPS) is 9.88. The summed E-state index contributed by atoms with van der Waals surface area (Å²) in [7, 11) is 0. The van der Waals surface area contributed by atoms with Gasteiger partial charge in [-0.3, -0.25) is 4.79 Å². The third kappa shape index (κ3) is 3.87. The smallest absolute Gasteiger partial charge is 0.257 e. The average Bonchev–Trinajstić information content (AvgIpc) is 3.06. The zero-order valence-corrected chi connectivity index (χ0v) is 13.1.